The molecule has 2 N–H and O–H groups in total. The molecule has 1 unspecified atom stereocenters. The second-order valence-electron chi connectivity index (χ2n) is 5.72. The molecule has 4 nitrogen and oxygen atoms in total. The van der Waals surface area contributed by atoms with E-state index < -0.39 is 0 Å². The Morgan fingerprint density at radius 3 is 2.81 bits per heavy atom. The van der Waals surface area contributed by atoms with Crippen molar-refractivity contribution in [1.82, 2.24) is 10.6 Å². The summed E-state index contributed by atoms with van der Waals surface area (Å²) in [5, 5.41) is 7.54. The number of aliphatic imine (C=N–C) groups is 1. The predicted octanol–water partition coefficient (Wildman–Crippen LogP) is 2.57. The van der Waals surface area contributed by atoms with E-state index in [-0.39, 0.29) is 11.5 Å². The molecule has 1 aliphatic rings. The molecule has 1 atom stereocenters. The van der Waals surface area contributed by atoms with Crippen molar-refractivity contribution in [2.24, 2.45) is 4.99 Å². The van der Waals surface area contributed by atoms with Crippen molar-refractivity contribution in [3.63, 3.8) is 0 Å². The lowest BCUT2D eigenvalue weighted by atomic mass is 9.96. The second kappa shape index (κ2) is 7.14. The Bertz CT molecular complexity index is 500. The molecule has 1 aromatic rings. The Kier molecular flexibility index (Phi) is 5.48. The number of nitrogens with one attached hydrogen (secondary N) is 2. The molecule has 1 aliphatic carbocycles. The first-order valence-corrected chi connectivity index (χ1v) is 7.69. The van der Waals surface area contributed by atoms with Crippen LogP contribution in [0.5, 0.6) is 0 Å². The van der Waals surface area contributed by atoms with E-state index in [0.29, 0.717) is 6.61 Å². The lowest BCUT2D eigenvalue weighted by Crippen LogP contribution is -2.46. The van der Waals surface area contributed by atoms with E-state index >= 15 is 0 Å². The monoisotopic (exact) mass is 309 g/mol. The Labute approximate surface area is 131 Å². The van der Waals surface area contributed by atoms with E-state index in [1.165, 1.54) is 18.4 Å². The van der Waals surface area contributed by atoms with Crippen molar-refractivity contribution in [1.29, 1.82) is 0 Å². The summed E-state index contributed by atoms with van der Waals surface area (Å²) in [6.45, 7) is 3.59. The summed E-state index contributed by atoms with van der Waals surface area (Å²) in [5.41, 5.74) is 1.51. The number of ether oxygens (including phenoxy) is 1. The molecule has 0 saturated heterocycles. The molecule has 0 radical (unpaired) electrons. The zero-order valence-electron chi connectivity index (χ0n) is 12.9. The van der Waals surface area contributed by atoms with Gasteiger partial charge < -0.3 is 15.4 Å². The molecular formula is C16H24ClN3O. The quantitative estimate of drug-likeness (QED) is 0.627. The maximum atomic E-state index is 6.10. The van der Waals surface area contributed by atoms with Gasteiger partial charge in [0.15, 0.2) is 5.96 Å². The molecule has 1 fully saturated rings. The maximum Gasteiger partial charge on any atom is 0.191 e. The third-order valence-electron chi connectivity index (χ3n) is 3.91. The molecule has 2 rings (SSSR count). The minimum atomic E-state index is 0.201. The molecule has 0 amide bonds. The lowest BCUT2D eigenvalue weighted by Gasteiger charge is -2.21. The summed E-state index contributed by atoms with van der Waals surface area (Å²) in [7, 11) is 3.49. The van der Waals surface area contributed by atoms with Crippen LogP contribution in [0.1, 0.15) is 25.3 Å². The highest BCUT2D eigenvalue weighted by Crippen LogP contribution is 2.48. The zero-order valence-corrected chi connectivity index (χ0v) is 13.7. The molecule has 21 heavy (non-hydrogen) atoms. The molecule has 1 saturated carbocycles. The van der Waals surface area contributed by atoms with Crippen LogP contribution in [0.15, 0.2) is 29.3 Å². The van der Waals surface area contributed by atoms with E-state index in [9.17, 15) is 0 Å². The lowest BCUT2D eigenvalue weighted by molar-refractivity contribution is 0.179. The summed E-state index contributed by atoms with van der Waals surface area (Å²) < 4.78 is 5.13. The Morgan fingerprint density at radius 2 is 2.24 bits per heavy atom. The Morgan fingerprint density at radius 1 is 1.48 bits per heavy atom. The number of guanidine groups is 1. The zero-order chi connectivity index (χ0) is 15.3. The van der Waals surface area contributed by atoms with E-state index in [1.54, 1.807) is 14.2 Å². The van der Waals surface area contributed by atoms with E-state index in [4.69, 9.17) is 16.3 Å². The molecule has 1 aromatic carbocycles. The summed E-state index contributed by atoms with van der Waals surface area (Å²) in [5.74, 6) is 0.813. The fourth-order valence-corrected chi connectivity index (χ4v) is 2.70. The molecule has 0 bridgehead atoms. The third-order valence-corrected chi connectivity index (χ3v) is 4.14. The van der Waals surface area contributed by atoms with Gasteiger partial charge in [0.2, 0.25) is 0 Å². The Hall–Kier alpha value is -1.26. The molecule has 5 heteroatoms. The molecule has 0 spiro atoms. The summed E-state index contributed by atoms with van der Waals surface area (Å²) in [6, 6.07) is 8.39. The largest absolute Gasteiger partial charge is 0.383 e. The van der Waals surface area contributed by atoms with Gasteiger partial charge in [0.1, 0.15) is 0 Å². The fraction of sp³-hybridized carbons (Fsp3) is 0.562. The smallest absolute Gasteiger partial charge is 0.191 e. The third kappa shape index (κ3) is 4.35. The highest BCUT2D eigenvalue weighted by Gasteiger charge is 2.44. The van der Waals surface area contributed by atoms with Crippen molar-refractivity contribution in [2.75, 3.05) is 27.3 Å². The molecule has 116 valence electrons. The predicted molar refractivity (Wildman–Crippen MR) is 88.2 cm³/mol. The van der Waals surface area contributed by atoms with Crippen LogP contribution in [0.2, 0.25) is 5.02 Å². The topological polar surface area (TPSA) is 45.7 Å². The number of benzene rings is 1. The molecule has 0 aliphatic heterocycles. The van der Waals surface area contributed by atoms with E-state index in [2.05, 4.69) is 34.7 Å². The van der Waals surface area contributed by atoms with Crippen LogP contribution in [-0.4, -0.2) is 39.3 Å². The summed E-state index contributed by atoms with van der Waals surface area (Å²) >= 11 is 6.10. The first-order chi connectivity index (χ1) is 10.1. The average molecular weight is 310 g/mol. The van der Waals surface area contributed by atoms with Crippen molar-refractivity contribution < 1.29 is 4.74 Å². The number of hydrogen-bond donors (Lipinski definition) is 2. The van der Waals surface area contributed by atoms with Gasteiger partial charge in [0.25, 0.3) is 0 Å². The van der Waals surface area contributed by atoms with Gasteiger partial charge in [0.05, 0.1) is 6.61 Å². The van der Waals surface area contributed by atoms with Gasteiger partial charge in [-0.25, -0.2) is 0 Å². The molecule has 0 aromatic heterocycles. The number of nitrogens with zero attached hydrogens (tertiary/aromatic N) is 1. The van der Waals surface area contributed by atoms with Gasteiger partial charge in [-0.2, -0.15) is 0 Å². The van der Waals surface area contributed by atoms with Gasteiger partial charge in [-0.05, 0) is 37.5 Å². The minimum Gasteiger partial charge on any atom is -0.383 e. The summed E-state index contributed by atoms with van der Waals surface area (Å²) in [4.78, 5) is 4.27. The number of halogens is 1. The van der Waals surface area contributed by atoms with Crippen LogP contribution < -0.4 is 10.6 Å². The minimum absolute atomic E-state index is 0.201. The first kappa shape index (κ1) is 16.1. The fourth-order valence-electron chi connectivity index (χ4n) is 2.51. The normalized spacial score (nSPS) is 18.2. The number of methoxy groups -OCH3 is 1. The van der Waals surface area contributed by atoms with E-state index in [1.807, 2.05) is 12.1 Å². The highest BCUT2D eigenvalue weighted by atomic mass is 35.5. The molecular weight excluding hydrogens is 286 g/mol. The van der Waals surface area contributed by atoms with Gasteiger partial charge in [-0.1, -0.05) is 23.7 Å². The molecule has 0 heterocycles. The average Bonchev–Trinajstić information content (AvgIpc) is 3.25. The van der Waals surface area contributed by atoms with Crippen LogP contribution in [0.4, 0.5) is 0 Å². The van der Waals surface area contributed by atoms with Gasteiger partial charge in [-0.3, -0.25) is 4.99 Å². The highest BCUT2D eigenvalue weighted by molar-refractivity contribution is 6.30. The van der Waals surface area contributed by atoms with Crippen LogP contribution in [0.25, 0.3) is 0 Å². The van der Waals surface area contributed by atoms with Crippen LogP contribution in [-0.2, 0) is 10.2 Å². The van der Waals surface area contributed by atoms with Crippen LogP contribution in [0.3, 0.4) is 0 Å². The maximum absolute atomic E-state index is 6.10. The van der Waals surface area contributed by atoms with Crippen LogP contribution in [0, 0.1) is 0 Å². The number of hydrogen-bond acceptors (Lipinski definition) is 2. The SMILES string of the molecule is CN=C(NCC1(c2cccc(Cl)c2)CC1)NC(C)COC. The number of rotatable bonds is 6. The standard InChI is InChI=1S/C16H24ClN3O/c1-12(10-21-3)20-15(18-2)19-11-16(7-8-16)13-5-4-6-14(17)9-13/h4-6,9,12H,7-8,10-11H2,1-3H3,(H2,18,19,20). The van der Waals surface area contributed by atoms with Gasteiger partial charge in [-0.15, -0.1) is 0 Å². The Balaban J connectivity index is 1.92. The van der Waals surface area contributed by atoms with Crippen molar-refractivity contribution in [3.8, 4) is 0 Å². The summed E-state index contributed by atoms with van der Waals surface area (Å²) in [6.07, 6.45) is 2.37. The van der Waals surface area contributed by atoms with Gasteiger partial charge in [0, 0.05) is 37.2 Å². The van der Waals surface area contributed by atoms with E-state index in [0.717, 1.165) is 17.5 Å². The van der Waals surface area contributed by atoms with Crippen molar-refractivity contribution in [2.45, 2.75) is 31.2 Å². The van der Waals surface area contributed by atoms with Gasteiger partial charge >= 0.3 is 0 Å². The first-order valence-electron chi connectivity index (χ1n) is 7.32. The van der Waals surface area contributed by atoms with Crippen molar-refractivity contribution >= 4 is 17.6 Å². The second-order valence-corrected chi connectivity index (χ2v) is 6.15. The van der Waals surface area contributed by atoms with Crippen molar-refractivity contribution in [3.05, 3.63) is 34.9 Å². The van der Waals surface area contributed by atoms with Crippen LogP contribution >= 0.6 is 11.6 Å².